The Morgan fingerprint density at radius 2 is 2.00 bits per heavy atom. The Hall–Kier alpha value is -0.670. The third-order valence-electron chi connectivity index (χ3n) is 2.69. The smallest absolute Gasteiger partial charge is 0.125 e. The number of thiazole rings is 1. The Morgan fingerprint density at radius 1 is 1.24 bits per heavy atom. The fourth-order valence-corrected chi connectivity index (χ4v) is 3.53. The highest BCUT2D eigenvalue weighted by Gasteiger charge is 2.12. The highest BCUT2D eigenvalue weighted by atomic mass is 79.9. The predicted molar refractivity (Wildman–Crippen MR) is 78.6 cm³/mol. The predicted octanol–water partition coefficient (Wildman–Crippen LogP) is 5.09. The first kappa shape index (κ1) is 12.8. The minimum atomic E-state index is 1.08. The molecule has 2 aromatic rings. The molecule has 0 aliphatic rings. The van der Waals surface area contributed by atoms with Gasteiger partial charge in [-0.3, -0.25) is 0 Å². The van der Waals surface area contributed by atoms with Gasteiger partial charge in [-0.1, -0.05) is 54.4 Å². The molecule has 17 heavy (non-hydrogen) atoms. The average Bonchev–Trinajstić information content (AvgIpc) is 2.73. The second-order valence-corrected chi connectivity index (χ2v) is 5.91. The first-order chi connectivity index (χ1) is 8.26. The van der Waals surface area contributed by atoms with Gasteiger partial charge in [0, 0.05) is 14.9 Å². The van der Waals surface area contributed by atoms with E-state index in [9.17, 15) is 0 Å². The van der Waals surface area contributed by atoms with E-state index < -0.39 is 0 Å². The van der Waals surface area contributed by atoms with Crippen LogP contribution in [0.25, 0.3) is 10.6 Å². The summed E-state index contributed by atoms with van der Waals surface area (Å²) in [4.78, 5) is 6.22. The highest BCUT2D eigenvalue weighted by Crippen LogP contribution is 2.33. The van der Waals surface area contributed by atoms with Gasteiger partial charge in [0.2, 0.25) is 0 Å². The van der Waals surface area contributed by atoms with Crippen LogP contribution in [0.15, 0.2) is 28.7 Å². The van der Waals surface area contributed by atoms with Crippen molar-refractivity contribution in [2.24, 2.45) is 0 Å². The summed E-state index contributed by atoms with van der Waals surface area (Å²) >= 11 is 5.42. The zero-order chi connectivity index (χ0) is 12.3. The number of hydrogen-bond donors (Lipinski definition) is 0. The summed E-state index contributed by atoms with van der Waals surface area (Å²) in [5, 5.41) is 1.14. The Balaban J connectivity index is 2.43. The minimum Gasteiger partial charge on any atom is -0.241 e. The van der Waals surface area contributed by atoms with Gasteiger partial charge in [-0.05, 0) is 18.9 Å². The van der Waals surface area contributed by atoms with Gasteiger partial charge in [-0.15, -0.1) is 11.3 Å². The molecular formula is C14H16BrNS. The standard InChI is InChI=1S/C14H16BrNS/c1-3-7-12-13(4-2)17-14(16-12)10-8-5-6-9-11(10)15/h5-6,8-9H,3-4,7H2,1-2H3. The van der Waals surface area contributed by atoms with Gasteiger partial charge in [-0.25, -0.2) is 4.98 Å². The Labute approximate surface area is 115 Å². The Kier molecular flexibility index (Phi) is 4.35. The number of benzene rings is 1. The number of aryl methyl sites for hydroxylation is 2. The molecule has 0 atom stereocenters. The lowest BCUT2D eigenvalue weighted by molar-refractivity contribution is 0.876. The maximum Gasteiger partial charge on any atom is 0.125 e. The lowest BCUT2D eigenvalue weighted by Gasteiger charge is -1.98. The summed E-state index contributed by atoms with van der Waals surface area (Å²) < 4.78 is 1.12. The van der Waals surface area contributed by atoms with E-state index in [0.29, 0.717) is 0 Å². The van der Waals surface area contributed by atoms with Crippen molar-refractivity contribution < 1.29 is 0 Å². The number of hydrogen-bond acceptors (Lipinski definition) is 2. The van der Waals surface area contributed by atoms with Crippen LogP contribution in [0.1, 0.15) is 30.8 Å². The van der Waals surface area contributed by atoms with E-state index in [1.54, 1.807) is 0 Å². The quantitative estimate of drug-likeness (QED) is 0.766. The summed E-state index contributed by atoms with van der Waals surface area (Å²) in [6, 6.07) is 8.29. The molecule has 0 radical (unpaired) electrons. The lowest BCUT2D eigenvalue weighted by Crippen LogP contribution is -1.88. The lowest BCUT2D eigenvalue weighted by atomic mass is 10.2. The van der Waals surface area contributed by atoms with E-state index in [1.807, 2.05) is 17.4 Å². The third kappa shape index (κ3) is 2.78. The van der Waals surface area contributed by atoms with E-state index in [-0.39, 0.29) is 0 Å². The molecular weight excluding hydrogens is 294 g/mol. The van der Waals surface area contributed by atoms with Crippen molar-refractivity contribution in [1.82, 2.24) is 4.98 Å². The number of aromatic nitrogens is 1. The average molecular weight is 310 g/mol. The fourth-order valence-electron chi connectivity index (χ4n) is 1.84. The van der Waals surface area contributed by atoms with Crippen LogP contribution in [0.3, 0.4) is 0 Å². The van der Waals surface area contributed by atoms with Gasteiger partial charge in [0.25, 0.3) is 0 Å². The van der Waals surface area contributed by atoms with E-state index in [2.05, 4.69) is 48.0 Å². The molecule has 1 aromatic heterocycles. The van der Waals surface area contributed by atoms with E-state index >= 15 is 0 Å². The van der Waals surface area contributed by atoms with Crippen molar-refractivity contribution in [3.63, 3.8) is 0 Å². The molecule has 0 fully saturated rings. The summed E-state index contributed by atoms with van der Waals surface area (Å²) in [7, 11) is 0. The van der Waals surface area contributed by atoms with Crippen LogP contribution in [-0.2, 0) is 12.8 Å². The van der Waals surface area contributed by atoms with Gasteiger partial charge in [0.05, 0.1) is 5.69 Å². The molecule has 1 heterocycles. The first-order valence-corrected chi connectivity index (χ1v) is 7.60. The normalized spacial score (nSPS) is 10.8. The van der Waals surface area contributed by atoms with Crippen LogP contribution in [0.4, 0.5) is 0 Å². The van der Waals surface area contributed by atoms with Crippen LogP contribution in [0.5, 0.6) is 0 Å². The van der Waals surface area contributed by atoms with Crippen molar-refractivity contribution in [2.45, 2.75) is 33.1 Å². The molecule has 3 heteroatoms. The SMILES string of the molecule is CCCc1nc(-c2ccccc2Br)sc1CC. The van der Waals surface area contributed by atoms with Crippen LogP contribution in [0.2, 0.25) is 0 Å². The molecule has 0 saturated heterocycles. The van der Waals surface area contributed by atoms with Gasteiger partial charge >= 0.3 is 0 Å². The number of nitrogens with zero attached hydrogens (tertiary/aromatic N) is 1. The second-order valence-electron chi connectivity index (χ2n) is 3.97. The molecule has 0 unspecified atom stereocenters. The molecule has 0 saturated carbocycles. The van der Waals surface area contributed by atoms with Crippen molar-refractivity contribution in [1.29, 1.82) is 0 Å². The van der Waals surface area contributed by atoms with E-state index in [0.717, 1.165) is 28.7 Å². The third-order valence-corrected chi connectivity index (χ3v) is 4.66. The van der Waals surface area contributed by atoms with Gasteiger partial charge in [0.15, 0.2) is 0 Å². The maximum atomic E-state index is 4.79. The molecule has 1 aromatic carbocycles. The molecule has 0 spiro atoms. The van der Waals surface area contributed by atoms with Crippen LogP contribution in [-0.4, -0.2) is 4.98 Å². The summed E-state index contributed by atoms with van der Waals surface area (Å²) in [6.45, 7) is 4.41. The van der Waals surface area contributed by atoms with Crippen molar-refractivity contribution >= 4 is 27.3 Å². The molecule has 0 aliphatic heterocycles. The zero-order valence-corrected chi connectivity index (χ0v) is 12.6. The largest absolute Gasteiger partial charge is 0.241 e. The van der Waals surface area contributed by atoms with Crippen LogP contribution >= 0.6 is 27.3 Å². The summed E-state index contributed by atoms with van der Waals surface area (Å²) in [5.74, 6) is 0. The molecule has 2 rings (SSSR count). The summed E-state index contributed by atoms with van der Waals surface area (Å²) in [5.41, 5.74) is 2.49. The van der Waals surface area contributed by atoms with Crippen molar-refractivity contribution in [3.8, 4) is 10.6 Å². The van der Waals surface area contributed by atoms with E-state index in [4.69, 9.17) is 4.98 Å². The fraction of sp³-hybridized carbons (Fsp3) is 0.357. The van der Waals surface area contributed by atoms with Gasteiger partial charge in [-0.2, -0.15) is 0 Å². The number of halogens is 1. The van der Waals surface area contributed by atoms with Gasteiger partial charge in [0.1, 0.15) is 5.01 Å². The second kappa shape index (κ2) is 5.78. The van der Waals surface area contributed by atoms with E-state index in [1.165, 1.54) is 16.1 Å². The summed E-state index contributed by atoms with van der Waals surface area (Å²) in [6.07, 6.45) is 3.33. The van der Waals surface area contributed by atoms with Crippen LogP contribution in [0, 0.1) is 0 Å². The van der Waals surface area contributed by atoms with Crippen molar-refractivity contribution in [2.75, 3.05) is 0 Å². The topological polar surface area (TPSA) is 12.9 Å². The maximum absolute atomic E-state index is 4.79. The molecule has 90 valence electrons. The van der Waals surface area contributed by atoms with Crippen molar-refractivity contribution in [3.05, 3.63) is 39.3 Å². The van der Waals surface area contributed by atoms with Crippen LogP contribution < -0.4 is 0 Å². The molecule has 0 bridgehead atoms. The monoisotopic (exact) mass is 309 g/mol. The minimum absolute atomic E-state index is 1.08. The molecule has 0 aliphatic carbocycles. The first-order valence-electron chi connectivity index (χ1n) is 5.99. The Bertz CT molecular complexity index is 505. The molecule has 1 nitrogen and oxygen atoms in total. The molecule has 0 N–H and O–H groups in total. The molecule has 0 amide bonds. The number of rotatable bonds is 4. The highest BCUT2D eigenvalue weighted by molar-refractivity contribution is 9.10. The Morgan fingerprint density at radius 3 is 2.65 bits per heavy atom. The zero-order valence-electron chi connectivity index (χ0n) is 10.2. The van der Waals surface area contributed by atoms with Gasteiger partial charge < -0.3 is 0 Å².